The fourth-order valence-electron chi connectivity index (χ4n) is 4.58. The van der Waals surface area contributed by atoms with Crippen LogP contribution in [0.2, 0.25) is 0 Å². The highest BCUT2D eigenvalue weighted by Crippen LogP contribution is 2.24. The zero-order chi connectivity index (χ0) is 28.8. The lowest BCUT2D eigenvalue weighted by molar-refractivity contribution is -0.141. The van der Waals surface area contributed by atoms with E-state index in [1.807, 2.05) is 51.2 Å². The number of carboxylic acid groups (broad SMARTS) is 1. The molecule has 0 amide bonds. The Hall–Kier alpha value is -2.99. The highest BCUT2D eigenvalue weighted by Gasteiger charge is 2.29. The Morgan fingerprint density at radius 1 is 1.13 bits per heavy atom. The van der Waals surface area contributed by atoms with Crippen LogP contribution in [0.3, 0.4) is 0 Å². The van der Waals surface area contributed by atoms with E-state index in [1.54, 1.807) is 13.8 Å². The SMILES string of the molecule is CCC(=C/C(C)C/C=C/C(C)=C/C(C)C(=O)C(C)C(O)C(C)C/C(C)=C/C(=O)O)/C=C/C1CC=CC(=O)O1. The number of carbonyl (C=O) groups is 3. The first kappa shape index (κ1) is 33.0. The van der Waals surface area contributed by atoms with Crippen molar-refractivity contribution in [1.82, 2.24) is 0 Å². The van der Waals surface area contributed by atoms with Gasteiger partial charge in [-0.25, -0.2) is 9.59 Å². The highest BCUT2D eigenvalue weighted by atomic mass is 16.5. The molecule has 1 aliphatic rings. The van der Waals surface area contributed by atoms with Gasteiger partial charge in [0.05, 0.1) is 6.10 Å². The van der Waals surface area contributed by atoms with Crippen molar-refractivity contribution in [3.05, 3.63) is 71.4 Å². The molecule has 0 saturated carbocycles. The Bertz CT molecular complexity index is 993. The molecule has 6 unspecified atom stereocenters. The molecule has 1 heterocycles. The van der Waals surface area contributed by atoms with Gasteiger partial charge >= 0.3 is 11.9 Å². The third-order valence-electron chi connectivity index (χ3n) is 6.73. The number of rotatable bonds is 15. The van der Waals surface area contributed by atoms with Crippen molar-refractivity contribution in [2.24, 2.45) is 23.7 Å². The number of aliphatic hydroxyl groups is 1. The van der Waals surface area contributed by atoms with Crippen LogP contribution in [0, 0.1) is 23.7 Å². The van der Waals surface area contributed by atoms with Gasteiger partial charge in [-0.2, -0.15) is 0 Å². The van der Waals surface area contributed by atoms with Crippen molar-refractivity contribution < 1.29 is 29.3 Å². The Kier molecular flexibility index (Phi) is 14.6. The van der Waals surface area contributed by atoms with E-state index in [4.69, 9.17) is 9.84 Å². The minimum atomic E-state index is -1.01. The molecule has 0 bridgehead atoms. The molecule has 38 heavy (non-hydrogen) atoms. The highest BCUT2D eigenvalue weighted by molar-refractivity contribution is 5.85. The van der Waals surface area contributed by atoms with Gasteiger partial charge in [-0.05, 0) is 51.0 Å². The first-order valence-electron chi connectivity index (χ1n) is 13.6. The molecule has 6 heteroatoms. The van der Waals surface area contributed by atoms with E-state index in [0.717, 1.165) is 24.5 Å². The summed E-state index contributed by atoms with van der Waals surface area (Å²) >= 11 is 0. The summed E-state index contributed by atoms with van der Waals surface area (Å²) in [5.74, 6) is -2.15. The lowest BCUT2D eigenvalue weighted by Crippen LogP contribution is -2.34. The van der Waals surface area contributed by atoms with Crippen LogP contribution < -0.4 is 0 Å². The first-order chi connectivity index (χ1) is 17.8. The van der Waals surface area contributed by atoms with Gasteiger partial charge in [0.2, 0.25) is 0 Å². The molecule has 0 aromatic rings. The molecule has 1 rings (SSSR count). The minimum absolute atomic E-state index is 0.0354. The molecule has 210 valence electrons. The number of aliphatic hydroxyl groups excluding tert-OH is 1. The second kappa shape index (κ2) is 16.8. The van der Waals surface area contributed by atoms with Gasteiger partial charge < -0.3 is 14.9 Å². The van der Waals surface area contributed by atoms with E-state index in [1.165, 1.54) is 11.6 Å². The average molecular weight is 527 g/mol. The van der Waals surface area contributed by atoms with Crippen LogP contribution in [0.4, 0.5) is 0 Å². The summed E-state index contributed by atoms with van der Waals surface area (Å²) in [5, 5.41) is 19.6. The van der Waals surface area contributed by atoms with Crippen molar-refractivity contribution in [1.29, 1.82) is 0 Å². The van der Waals surface area contributed by atoms with Crippen molar-refractivity contribution in [2.75, 3.05) is 0 Å². The summed E-state index contributed by atoms with van der Waals surface area (Å²) in [6.07, 6.45) is 18.5. The number of esters is 1. The van der Waals surface area contributed by atoms with Gasteiger partial charge in [0.25, 0.3) is 0 Å². The lowest BCUT2D eigenvalue weighted by Gasteiger charge is -2.25. The topological polar surface area (TPSA) is 101 Å². The lowest BCUT2D eigenvalue weighted by atomic mass is 9.83. The predicted octanol–water partition coefficient (Wildman–Crippen LogP) is 6.54. The fourth-order valence-corrected chi connectivity index (χ4v) is 4.58. The van der Waals surface area contributed by atoms with E-state index in [-0.39, 0.29) is 29.7 Å². The maximum Gasteiger partial charge on any atom is 0.331 e. The Morgan fingerprint density at radius 2 is 1.82 bits per heavy atom. The minimum Gasteiger partial charge on any atom is -0.478 e. The van der Waals surface area contributed by atoms with Crippen molar-refractivity contribution in [3.63, 3.8) is 0 Å². The quantitative estimate of drug-likeness (QED) is 0.143. The smallest absolute Gasteiger partial charge is 0.331 e. The summed E-state index contributed by atoms with van der Waals surface area (Å²) in [6.45, 7) is 13.3. The number of carboxylic acids is 1. The summed E-state index contributed by atoms with van der Waals surface area (Å²) in [4.78, 5) is 35.1. The van der Waals surface area contributed by atoms with Gasteiger partial charge in [0, 0.05) is 30.4 Å². The summed E-state index contributed by atoms with van der Waals surface area (Å²) in [5.41, 5.74) is 2.84. The maximum atomic E-state index is 12.9. The monoisotopic (exact) mass is 526 g/mol. The van der Waals surface area contributed by atoms with E-state index >= 15 is 0 Å². The first-order valence-corrected chi connectivity index (χ1v) is 13.6. The number of hydrogen-bond donors (Lipinski definition) is 2. The van der Waals surface area contributed by atoms with Gasteiger partial charge in [-0.15, -0.1) is 0 Å². The van der Waals surface area contributed by atoms with Crippen LogP contribution in [0.5, 0.6) is 0 Å². The second-order valence-corrected chi connectivity index (χ2v) is 10.6. The van der Waals surface area contributed by atoms with Gasteiger partial charge in [-0.1, -0.05) is 87.8 Å². The molecular formula is C32H46O6. The molecular weight excluding hydrogens is 480 g/mol. The van der Waals surface area contributed by atoms with Gasteiger partial charge in [0.15, 0.2) is 0 Å². The predicted molar refractivity (Wildman–Crippen MR) is 152 cm³/mol. The number of allylic oxidation sites excluding steroid dienone is 8. The molecule has 0 aromatic carbocycles. The molecule has 0 spiro atoms. The molecule has 0 radical (unpaired) electrons. The maximum absolute atomic E-state index is 12.9. The Morgan fingerprint density at radius 3 is 2.42 bits per heavy atom. The fraction of sp³-hybridized carbons (Fsp3) is 0.531. The van der Waals surface area contributed by atoms with E-state index in [2.05, 4.69) is 26.0 Å². The molecule has 6 atom stereocenters. The van der Waals surface area contributed by atoms with Crippen LogP contribution in [0.25, 0.3) is 0 Å². The van der Waals surface area contributed by atoms with Crippen LogP contribution in [-0.2, 0) is 19.1 Å². The van der Waals surface area contributed by atoms with Crippen LogP contribution >= 0.6 is 0 Å². The number of hydrogen-bond acceptors (Lipinski definition) is 5. The third-order valence-corrected chi connectivity index (χ3v) is 6.73. The number of ether oxygens (including phenoxy) is 1. The van der Waals surface area contributed by atoms with Gasteiger partial charge in [-0.3, -0.25) is 4.79 Å². The van der Waals surface area contributed by atoms with Crippen LogP contribution in [0.1, 0.15) is 74.1 Å². The average Bonchev–Trinajstić information content (AvgIpc) is 2.84. The molecule has 0 saturated heterocycles. The standard InChI is InChI=1S/C32H46O6/c1-8-27(15-16-28-13-10-14-30(35)38-28)19-22(3)12-9-11-21(2)17-24(5)31(36)26(7)32(37)25(6)18-23(4)20-29(33)34/h9-11,14-17,19-20,22,24-26,28,32,37H,8,12-13,18H2,1-7H3,(H,33,34)/b11-9+,16-15+,21-17+,23-20+,27-19-. The van der Waals surface area contributed by atoms with Crippen molar-refractivity contribution >= 4 is 17.7 Å². The van der Waals surface area contributed by atoms with Crippen molar-refractivity contribution in [3.8, 4) is 0 Å². The molecule has 0 aliphatic carbocycles. The summed E-state index contributed by atoms with van der Waals surface area (Å²) < 4.78 is 5.28. The largest absolute Gasteiger partial charge is 0.478 e. The zero-order valence-electron chi connectivity index (χ0n) is 24.0. The van der Waals surface area contributed by atoms with Crippen LogP contribution in [-0.4, -0.2) is 40.1 Å². The number of aliphatic carboxylic acids is 1. The zero-order valence-corrected chi connectivity index (χ0v) is 24.0. The van der Waals surface area contributed by atoms with Crippen molar-refractivity contribution in [2.45, 2.75) is 86.4 Å². The van der Waals surface area contributed by atoms with E-state index < -0.39 is 18.0 Å². The number of cyclic esters (lactones) is 1. The number of Topliss-reactive ketones (excluding diaryl/α,β-unsaturated/α-hetero) is 1. The molecule has 2 N–H and O–H groups in total. The van der Waals surface area contributed by atoms with Gasteiger partial charge in [0.1, 0.15) is 11.9 Å². The molecule has 0 fully saturated rings. The number of carbonyl (C=O) groups excluding carboxylic acids is 2. The second-order valence-electron chi connectivity index (χ2n) is 10.6. The molecule has 1 aliphatic heterocycles. The van der Waals surface area contributed by atoms with E-state index in [9.17, 15) is 19.5 Å². The summed E-state index contributed by atoms with van der Waals surface area (Å²) in [7, 11) is 0. The summed E-state index contributed by atoms with van der Waals surface area (Å²) in [6, 6.07) is 0. The Balaban J connectivity index is 2.66. The molecule has 6 nitrogen and oxygen atoms in total. The third kappa shape index (κ3) is 12.5. The van der Waals surface area contributed by atoms with E-state index in [0.29, 0.717) is 24.3 Å². The number of ketones is 1. The Labute approximate surface area is 228 Å². The molecule has 0 aromatic heterocycles. The van der Waals surface area contributed by atoms with Crippen LogP contribution in [0.15, 0.2) is 71.4 Å². The normalized spacial score (nSPS) is 21.3.